The number of halogens is 4. The first-order valence-electron chi connectivity index (χ1n) is 16.3. The highest BCUT2D eigenvalue weighted by Crippen LogP contribution is 2.40. The Balaban J connectivity index is 1.12. The summed E-state index contributed by atoms with van der Waals surface area (Å²) in [5.74, 6) is -1.44. The second-order valence-corrected chi connectivity index (χ2v) is 14.0. The van der Waals surface area contributed by atoms with E-state index in [9.17, 15) is 32.7 Å². The molecule has 4 aliphatic rings. The lowest BCUT2D eigenvalue weighted by atomic mass is 9.99. The fourth-order valence-electron chi connectivity index (χ4n) is 7.33. The number of urea groups is 2. The second kappa shape index (κ2) is 14.1. The van der Waals surface area contributed by atoms with Crippen LogP contribution in [0.3, 0.4) is 0 Å². The molecule has 3 saturated heterocycles. The number of likely N-dealkylation sites (tertiary alicyclic amines) is 3. The van der Waals surface area contributed by atoms with E-state index in [1.54, 1.807) is 21.1 Å². The molecule has 5 amide bonds. The van der Waals surface area contributed by atoms with Crippen LogP contribution in [-0.4, -0.2) is 107 Å². The highest BCUT2D eigenvalue weighted by molar-refractivity contribution is 7.08. The molecule has 3 N–H and O–H groups in total. The minimum Gasteiger partial charge on any atom is -0.506 e. The number of hydrogen-bond donors (Lipinski definition) is 3. The molecule has 0 bridgehead atoms. The van der Waals surface area contributed by atoms with E-state index in [1.165, 1.54) is 18.9 Å². The summed E-state index contributed by atoms with van der Waals surface area (Å²) in [6.07, 6.45) is 0.688. The Hall–Kier alpha value is -3.23. The van der Waals surface area contributed by atoms with Gasteiger partial charge in [0.15, 0.2) is 0 Å². The van der Waals surface area contributed by atoms with Crippen molar-refractivity contribution in [1.29, 1.82) is 0 Å². The van der Waals surface area contributed by atoms with Gasteiger partial charge in [-0.3, -0.25) is 4.79 Å². The van der Waals surface area contributed by atoms with Gasteiger partial charge in [-0.2, -0.15) is 13.2 Å². The van der Waals surface area contributed by atoms with Crippen LogP contribution in [0, 0.1) is 0 Å². The molecule has 2 aromatic rings. The zero-order valence-corrected chi connectivity index (χ0v) is 27.6. The molecule has 1 aromatic heterocycles. The molecular weight excluding hydrogens is 657 g/mol. The number of aromatic hydroxyl groups is 1. The smallest absolute Gasteiger partial charge is 0.420 e. The Morgan fingerprint density at radius 2 is 1.64 bits per heavy atom. The Kier molecular flexibility index (Phi) is 10.1. The van der Waals surface area contributed by atoms with Gasteiger partial charge in [-0.25, -0.2) is 9.59 Å². The predicted octanol–water partition coefficient (Wildman–Crippen LogP) is 5.39. The summed E-state index contributed by atoms with van der Waals surface area (Å²) in [4.78, 5) is 48.0. The highest BCUT2D eigenvalue weighted by atomic mass is 35.5. The molecule has 0 unspecified atom stereocenters. The van der Waals surface area contributed by atoms with Crippen molar-refractivity contribution >= 4 is 46.6 Å². The van der Waals surface area contributed by atoms with Gasteiger partial charge < -0.3 is 35.3 Å². The monoisotopic (exact) mass is 696 g/mol. The Morgan fingerprint density at radius 3 is 2.32 bits per heavy atom. The van der Waals surface area contributed by atoms with E-state index in [0.717, 1.165) is 49.7 Å². The fraction of sp³-hybridized carbons (Fsp3) is 0.594. The lowest BCUT2D eigenvalue weighted by molar-refractivity contribution is -0.138. The van der Waals surface area contributed by atoms with Crippen LogP contribution in [0.2, 0.25) is 5.02 Å². The number of carbonyl (C=O) groups is 3. The number of alkyl halides is 3. The third kappa shape index (κ3) is 7.59. The van der Waals surface area contributed by atoms with Gasteiger partial charge in [0.2, 0.25) is 5.91 Å². The van der Waals surface area contributed by atoms with E-state index >= 15 is 0 Å². The van der Waals surface area contributed by atoms with Crippen LogP contribution in [-0.2, 0) is 23.8 Å². The van der Waals surface area contributed by atoms with Crippen LogP contribution in [0.5, 0.6) is 5.75 Å². The number of fused-ring (bicyclic) bond motifs is 1. The summed E-state index contributed by atoms with van der Waals surface area (Å²) in [6.45, 7) is 4.37. The Labute approximate surface area is 280 Å². The van der Waals surface area contributed by atoms with Gasteiger partial charge in [-0.15, -0.1) is 11.3 Å². The van der Waals surface area contributed by atoms with Gasteiger partial charge >= 0.3 is 18.2 Å². The molecule has 15 heteroatoms. The SMILES string of the molecule is O=C(N[C@H](Cc1cc(Cl)c(O)c(C(F)(F)F)c1)C(=O)N1CCC(N2CCCC2)CC1)N1CCC(N2CCc3cscc3NC2=O)CC1. The highest BCUT2D eigenvalue weighted by Gasteiger charge is 2.38. The number of phenolic OH excluding ortho intramolecular Hbond substituents is 1. The summed E-state index contributed by atoms with van der Waals surface area (Å²) in [5.41, 5.74) is 0.729. The van der Waals surface area contributed by atoms with Crippen molar-refractivity contribution in [1.82, 2.24) is 24.9 Å². The Bertz CT molecular complexity index is 1470. The second-order valence-electron chi connectivity index (χ2n) is 12.9. The molecule has 3 fully saturated rings. The number of rotatable bonds is 6. The standard InChI is InChI=1S/C32H40ClF3N6O4S/c33-25-16-20(15-24(28(25)43)32(34,35)36)17-26(29(44)40-10-4-22(5-11-40)39-8-1-2-9-39)37-30(45)41-12-6-23(7-13-41)42-14-3-21-18-47-19-27(21)38-31(42)46/h15-16,18-19,22-23,26,43H,1-14,17H2,(H,37,45)(H,38,46)/t26-/m1/s1. The molecular formula is C32H40ClF3N6O4S. The Morgan fingerprint density at radius 1 is 0.979 bits per heavy atom. The van der Waals surface area contributed by atoms with Crippen LogP contribution in [0.1, 0.15) is 55.2 Å². The lowest BCUT2D eigenvalue weighted by Crippen LogP contribution is -2.57. The van der Waals surface area contributed by atoms with Gasteiger partial charge in [-0.1, -0.05) is 11.6 Å². The molecule has 256 valence electrons. The normalized spacial score (nSPS) is 20.9. The van der Waals surface area contributed by atoms with Crippen molar-refractivity contribution in [3.8, 4) is 5.75 Å². The molecule has 5 heterocycles. The molecule has 0 aliphatic carbocycles. The fourth-order valence-corrected chi connectivity index (χ4v) is 8.39. The number of carbonyl (C=O) groups excluding carboxylic acids is 3. The molecule has 0 saturated carbocycles. The topological polar surface area (TPSA) is 108 Å². The van der Waals surface area contributed by atoms with Crippen molar-refractivity contribution in [3.05, 3.63) is 44.6 Å². The van der Waals surface area contributed by atoms with Crippen LogP contribution in [0.4, 0.5) is 28.4 Å². The van der Waals surface area contributed by atoms with Gasteiger partial charge in [0.25, 0.3) is 0 Å². The van der Waals surface area contributed by atoms with Crippen molar-refractivity contribution in [2.45, 2.75) is 75.7 Å². The number of nitrogens with zero attached hydrogens (tertiary/aromatic N) is 4. The number of nitrogens with one attached hydrogen (secondary N) is 2. The summed E-state index contributed by atoms with van der Waals surface area (Å²) in [7, 11) is 0. The molecule has 6 rings (SSSR count). The molecule has 47 heavy (non-hydrogen) atoms. The van der Waals surface area contributed by atoms with E-state index in [1.807, 2.05) is 15.7 Å². The molecule has 4 aliphatic heterocycles. The first-order valence-corrected chi connectivity index (χ1v) is 17.6. The zero-order chi connectivity index (χ0) is 33.3. The average Bonchev–Trinajstić information content (AvgIpc) is 3.72. The van der Waals surface area contributed by atoms with E-state index in [4.69, 9.17) is 11.6 Å². The largest absolute Gasteiger partial charge is 0.506 e. The van der Waals surface area contributed by atoms with Crippen molar-refractivity contribution in [2.75, 3.05) is 51.1 Å². The minimum absolute atomic E-state index is 0.0546. The van der Waals surface area contributed by atoms with Crippen molar-refractivity contribution in [2.24, 2.45) is 0 Å². The maximum atomic E-state index is 13.9. The van der Waals surface area contributed by atoms with Gasteiger partial charge in [0.1, 0.15) is 11.8 Å². The minimum atomic E-state index is -4.86. The molecule has 1 atom stereocenters. The summed E-state index contributed by atoms with van der Waals surface area (Å²) < 4.78 is 41.0. The zero-order valence-electron chi connectivity index (χ0n) is 26.0. The number of phenols is 1. The maximum absolute atomic E-state index is 13.9. The molecule has 10 nitrogen and oxygen atoms in total. The number of amides is 5. The first-order chi connectivity index (χ1) is 22.5. The number of hydrogen-bond acceptors (Lipinski definition) is 6. The van der Waals surface area contributed by atoms with E-state index in [2.05, 4.69) is 15.5 Å². The molecule has 1 aromatic carbocycles. The van der Waals surface area contributed by atoms with E-state index in [-0.39, 0.29) is 30.0 Å². The average molecular weight is 697 g/mol. The van der Waals surface area contributed by atoms with Gasteiger partial charge in [0.05, 0.1) is 16.3 Å². The summed E-state index contributed by atoms with van der Waals surface area (Å²) >= 11 is 7.53. The van der Waals surface area contributed by atoms with Crippen LogP contribution in [0.15, 0.2) is 22.9 Å². The first kappa shape index (κ1) is 33.7. The number of benzene rings is 1. The summed E-state index contributed by atoms with van der Waals surface area (Å²) in [6, 6.07) is 0.534. The number of thiophene rings is 1. The van der Waals surface area contributed by atoms with Crippen molar-refractivity contribution < 1.29 is 32.7 Å². The van der Waals surface area contributed by atoms with E-state index < -0.39 is 34.6 Å². The maximum Gasteiger partial charge on any atom is 0.420 e. The van der Waals surface area contributed by atoms with Gasteiger partial charge in [-0.05, 0) is 86.7 Å². The van der Waals surface area contributed by atoms with Crippen LogP contribution < -0.4 is 10.6 Å². The predicted molar refractivity (Wildman–Crippen MR) is 173 cm³/mol. The summed E-state index contributed by atoms with van der Waals surface area (Å²) in [5, 5.41) is 19.3. The quantitative estimate of drug-likeness (QED) is 0.376. The van der Waals surface area contributed by atoms with Gasteiger partial charge in [0, 0.05) is 56.6 Å². The third-order valence-corrected chi connectivity index (χ3v) is 11.0. The molecule has 0 radical (unpaired) electrons. The number of piperidine rings is 2. The lowest BCUT2D eigenvalue weighted by Gasteiger charge is -2.39. The van der Waals surface area contributed by atoms with Crippen LogP contribution >= 0.6 is 22.9 Å². The van der Waals surface area contributed by atoms with Crippen LogP contribution in [0.25, 0.3) is 0 Å². The van der Waals surface area contributed by atoms with E-state index in [0.29, 0.717) is 51.6 Å². The number of anilines is 1. The van der Waals surface area contributed by atoms with Crippen molar-refractivity contribution in [3.63, 3.8) is 0 Å². The molecule has 0 spiro atoms. The third-order valence-electron chi connectivity index (χ3n) is 9.96.